The fraction of sp³-hybridized carbons (Fsp3) is 0.265. The number of nitrogens with zero attached hydrogens (tertiary/aromatic N) is 3. The Morgan fingerprint density at radius 2 is 1.56 bits per heavy atom. The molecular formula is C34H33N5O14S. The number of aliphatic hydroxyl groups excluding tert-OH is 5. The lowest BCUT2D eigenvalue weighted by Crippen LogP contribution is -2.56. The quantitative estimate of drug-likeness (QED) is 0.0778. The molecule has 2 aliphatic heterocycles. The van der Waals surface area contributed by atoms with Crippen LogP contribution in [0.25, 0.3) is 43.6 Å². The van der Waals surface area contributed by atoms with E-state index in [0.717, 1.165) is 12.1 Å². The first-order chi connectivity index (χ1) is 25.7. The smallest absolute Gasteiger partial charge is 0.397 e. The van der Waals surface area contributed by atoms with E-state index in [2.05, 4.69) is 19.6 Å². The van der Waals surface area contributed by atoms with Gasteiger partial charge in [0.25, 0.3) is 11.8 Å². The van der Waals surface area contributed by atoms with Gasteiger partial charge in [-0.1, -0.05) is 0 Å². The molecule has 8 rings (SSSR count). The number of aromatic amines is 1. The zero-order chi connectivity index (χ0) is 38.8. The standard InChI is InChI=1S/C33H29N5O10.CH4O4S/c39-11-14-9-34-6-5-13(14)10-35-38-31(46)24-22-17-3-1-15(41)7-19(17)36-26(22)27-23(25(24)32(38)47)18-4-2-16(42)8-20(18)37(27)33-30(45)29(44)28(43)21(12-40)48-33;1-5-6(2,3)4/h1-9,21,28-30,33,35-36,39-45H,10-12H2;1H3,(H,2,3,4)/t21-,28-,29+,30-,33?;/m0./s1. The number of nitrogens with one attached hydrogen (secondary N) is 2. The third kappa shape index (κ3) is 5.99. The average molecular weight is 768 g/mol. The topological polar surface area (TPSA) is 297 Å². The Morgan fingerprint density at radius 1 is 0.907 bits per heavy atom. The van der Waals surface area contributed by atoms with Crippen molar-refractivity contribution in [2.75, 3.05) is 13.7 Å². The lowest BCUT2D eigenvalue weighted by Gasteiger charge is -2.41. The average Bonchev–Trinajstić information content (AvgIpc) is 3.76. The summed E-state index contributed by atoms with van der Waals surface area (Å²) in [7, 11) is -3.29. The molecule has 6 aromatic rings. The van der Waals surface area contributed by atoms with Crippen LogP contribution >= 0.6 is 0 Å². The molecule has 2 aliphatic rings. The van der Waals surface area contributed by atoms with Crippen LogP contribution < -0.4 is 5.43 Å². The zero-order valence-electron chi connectivity index (χ0n) is 28.0. The second kappa shape index (κ2) is 13.9. The molecule has 0 bridgehead atoms. The number of hydrogen-bond donors (Lipinski definition) is 10. The molecule has 1 saturated heterocycles. The molecule has 3 aromatic heterocycles. The summed E-state index contributed by atoms with van der Waals surface area (Å²) in [5, 5.41) is 75.6. The van der Waals surface area contributed by atoms with Gasteiger partial charge in [0.05, 0.1) is 53.5 Å². The van der Waals surface area contributed by atoms with Crippen LogP contribution in [0.1, 0.15) is 38.1 Å². The van der Waals surface area contributed by atoms with Crippen molar-refractivity contribution in [3.8, 4) is 11.5 Å². The van der Waals surface area contributed by atoms with Crippen molar-refractivity contribution in [1.29, 1.82) is 0 Å². The van der Waals surface area contributed by atoms with Crippen molar-refractivity contribution in [3.05, 3.63) is 77.1 Å². The van der Waals surface area contributed by atoms with Gasteiger partial charge < -0.3 is 50.0 Å². The van der Waals surface area contributed by atoms with Gasteiger partial charge in [-0.3, -0.25) is 23.3 Å². The molecule has 1 fully saturated rings. The number of rotatable bonds is 7. The van der Waals surface area contributed by atoms with Crippen LogP contribution in [0.3, 0.4) is 0 Å². The summed E-state index contributed by atoms with van der Waals surface area (Å²) < 4.78 is 37.2. The van der Waals surface area contributed by atoms with E-state index < -0.39 is 59.5 Å². The van der Waals surface area contributed by atoms with Crippen molar-refractivity contribution >= 4 is 65.8 Å². The number of amides is 2. The number of pyridine rings is 1. The number of carbonyl (C=O) groups is 2. The fourth-order valence-electron chi connectivity index (χ4n) is 7.05. The van der Waals surface area contributed by atoms with E-state index in [0.29, 0.717) is 38.3 Å². The maximum Gasteiger partial charge on any atom is 0.397 e. The van der Waals surface area contributed by atoms with Crippen LogP contribution in [0, 0.1) is 0 Å². The number of aliphatic hydroxyl groups is 5. The highest BCUT2D eigenvalue weighted by Crippen LogP contribution is 2.48. The minimum atomic E-state index is -4.16. The van der Waals surface area contributed by atoms with Gasteiger partial charge in [-0.25, -0.2) is 10.4 Å². The highest BCUT2D eigenvalue weighted by atomic mass is 32.3. The number of benzene rings is 3. The minimum absolute atomic E-state index is 0.00156. The lowest BCUT2D eigenvalue weighted by atomic mass is 9.96. The van der Waals surface area contributed by atoms with Gasteiger partial charge >= 0.3 is 10.4 Å². The van der Waals surface area contributed by atoms with Gasteiger partial charge in [-0.15, -0.1) is 0 Å². The molecule has 20 heteroatoms. The molecule has 0 radical (unpaired) electrons. The second-order valence-corrected chi connectivity index (χ2v) is 13.7. The summed E-state index contributed by atoms with van der Waals surface area (Å²) in [4.78, 5) is 35.9. The molecule has 0 spiro atoms. The summed E-state index contributed by atoms with van der Waals surface area (Å²) in [5.74, 6) is -1.60. The van der Waals surface area contributed by atoms with Crippen LogP contribution in [0.15, 0.2) is 54.9 Å². The number of hydrazine groups is 1. The number of carbonyl (C=O) groups excluding carboxylic acids is 2. The molecule has 0 saturated carbocycles. The summed E-state index contributed by atoms with van der Waals surface area (Å²) in [6.45, 7) is -0.997. The van der Waals surface area contributed by atoms with Crippen LogP contribution in [0.2, 0.25) is 0 Å². The molecule has 284 valence electrons. The maximum absolute atomic E-state index is 14.4. The first-order valence-electron chi connectivity index (χ1n) is 16.2. The minimum Gasteiger partial charge on any atom is -0.508 e. The van der Waals surface area contributed by atoms with E-state index in [4.69, 9.17) is 9.29 Å². The van der Waals surface area contributed by atoms with Gasteiger partial charge in [0, 0.05) is 58.2 Å². The number of hydrogen-bond acceptors (Lipinski definition) is 15. The van der Waals surface area contributed by atoms with Crippen LogP contribution in [0.5, 0.6) is 11.5 Å². The van der Waals surface area contributed by atoms with Crippen molar-refractivity contribution in [1.82, 2.24) is 25.0 Å². The number of fused-ring (bicyclic) bond motifs is 10. The highest BCUT2D eigenvalue weighted by Gasteiger charge is 2.47. The fourth-order valence-corrected chi connectivity index (χ4v) is 7.05. The number of H-pyrrole nitrogens is 1. The number of phenolic OH excluding ortho intramolecular Hbond substituents is 2. The highest BCUT2D eigenvalue weighted by molar-refractivity contribution is 7.80. The number of aromatic hydroxyl groups is 2. The molecule has 0 aliphatic carbocycles. The third-order valence-corrected chi connectivity index (χ3v) is 9.95. The van der Waals surface area contributed by atoms with Gasteiger partial charge in [0.15, 0.2) is 6.23 Å². The molecule has 2 amide bonds. The number of phenols is 2. The molecule has 5 atom stereocenters. The molecule has 10 N–H and O–H groups in total. The third-order valence-electron chi connectivity index (χ3n) is 9.53. The van der Waals surface area contributed by atoms with Gasteiger partial charge in [-0.2, -0.15) is 8.42 Å². The Bertz CT molecular complexity index is 2590. The SMILES string of the molecule is COS(=O)(=O)O.O=C1c2c(c3c4ccc(O)cc4n(C4O[C@@H](CO)[C@H](O)[C@@H](O)[C@@H]4O)c3c3[nH]c4cc(O)ccc4c23)C(=O)N1NCc1ccncc1CO. The van der Waals surface area contributed by atoms with Crippen molar-refractivity contribution in [2.45, 2.75) is 43.8 Å². The van der Waals surface area contributed by atoms with Crippen LogP contribution in [0.4, 0.5) is 0 Å². The Balaban J connectivity index is 0.000000695. The largest absolute Gasteiger partial charge is 0.508 e. The van der Waals surface area contributed by atoms with Crippen LogP contribution in [-0.2, 0) is 32.5 Å². The predicted octanol–water partition coefficient (Wildman–Crippen LogP) is 0.436. The predicted molar refractivity (Wildman–Crippen MR) is 187 cm³/mol. The molecule has 5 heterocycles. The Morgan fingerprint density at radius 3 is 2.20 bits per heavy atom. The Hall–Kier alpha value is -5.26. The van der Waals surface area contributed by atoms with Gasteiger partial charge in [-0.05, 0) is 35.9 Å². The summed E-state index contributed by atoms with van der Waals surface area (Å²) in [6.07, 6.45) is -4.84. The Kier molecular flexibility index (Phi) is 9.52. The molecule has 54 heavy (non-hydrogen) atoms. The van der Waals surface area contributed by atoms with E-state index >= 15 is 0 Å². The first-order valence-corrected chi connectivity index (χ1v) is 17.5. The second-order valence-electron chi connectivity index (χ2n) is 12.5. The normalized spacial score (nSPS) is 21.7. The number of ether oxygens (including phenoxy) is 1. The van der Waals surface area contributed by atoms with E-state index in [1.807, 2.05) is 0 Å². The van der Waals surface area contributed by atoms with E-state index in [1.54, 1.807) is 18.2 Å². The van der Waals surface area contributed by atoms with Gasteiger partial charge in [0.1, 0.15) is 35.9 Å². The first kappa shape index (κ1) is 37.1. The summed E-state index contributed by atoms with van der Waals surface area (Å²) in [6, 6.07) is 10.5. The summed E-state index contributed by atoms with van der Waals surface area (Å²) >= 11 is 0. The zero-order valence-corrected chi connectivity index (χ0v) is 28.8. The van der Waals surface area contributed by atoms with E-state index in [9.17, 15) is 53.8 Å². The van der Waals surface area contributed by atoms with E-state index in [-0.39, 0.29) is 52.2 Å². The van der Waals surface area contributed by atoms with Crippen molar-refractivity contribution in [2.24, 2.45) is 0 Å². The van der Waals surface area contributed by atoms with Crippen molar-refractivity contribution < 1.29 is 67.2 Å². The lowest BCUT2D eigenvalue weighted by molar-refractivity contribution is -0.249. The van der Waals surface area contributed by atoms with E-state index in [1.165, 1.54) is 41.2 Å². The monoisotopic (exact) mass is 767 g/mol. The van der Waals surface area contributed by atoms with Crippen LogP contribution in [-0.4, -0.2) is 118 Å². The number of imide groups is 1. The van der Waals surface area contributed by atoms with Gasteiger partial charge in [0.2, 0.25) is 0 Å². The summed E-state index contributed by atoms with van der Waals surface area (Å²) in [5.41, 5.74) is 5.33. The molecule has 1 unspecified atom stereocenters. The molecular weight excluding hydrogens is 734 g/mol. The number of aromatic nitrogens is 3. The maximum atomic E-state index is 14.4. The molecule has 19 nitrogen and oxygen atoms in total. The molecule has 3 aromatic carbocycles. The van der Waals surface area contributed by atoms with Crippen molar-refractivity contribution in [3.63, 3.8) is 0 Å². The Labute approximate surface area is 303 Å².